The predicted molar refractivity (Wildman–Crippen MR) is 111 cm³/mol. The van der Waals surface area contributed by atoms with E-state index in [1.54, 1.807) is 14.2 Å². The summed E-state index contributed by atoms with van der Waals surface area (Å²) >= 11 is 16.7. The van der Waals surface area contributed by atoms with Crippen LogP contribution in [0.15, 0.2) is 47.1 Å². The second kappa shape index (κ2) is 8.09. The number of nitrogens with zero attached hydrogens (tertiary/aromatic N) is 1. The smallest absolute Gasteiger partial charge is 0.157 e. The Balaban J connectivity index is 2.08. The molecule has 0 saturated heterocycles. The van der Waals surface area contributed by atoms with Gasteiger partial charge in [-0.1, -0.05) is 53.5 Å². The number of halogens is 3. The first kappa shape index (κ1) is 19.4. The highest BCUT2D eigenvalue weighted by Gasteiger charge is 2.33. The quantitative estimate of drug-likeness (QED) is 0.682. The largest absolute Gasteiger partial charge is 0.494 e. The fraction of sp³-hybridized carbons (Fsp3) is 0.263. The van der Waals surface area contributed by atoms with E-state index >= 15 is 0 Å². The fourth-order valence-corrected chi connectivity index (χ4v) is 4.86. The number of benzene rings is 2. The maximum Gasteiger partial charge on any atom is 0.157 e. The molecule has 0 spiro atoms. The molecule has 2 N–H and O–H groups in total. The summed E-state index contributed by atoms with van der Waals surface area (Å²) in [6, 6.07) is 10.0. The Morgan fingerprint density at radius 2 is 1.65 bits per heavy atom. The topological polar surface area (TPSA) is 47.7 Å². The second-order valence-corrected chi connectivity index (χ2v) is 7.49. The van der Waals surface area contributed by atoms with Gasteiger partial charge in [-0.2, -0.15) is 0 Å². The summed E-state index contributed by atoms with van der Waals surface area (Å²) in [6.07, 6.45) is 4.61. The lowest BCUT2D eigenvalue weighted by Crippen LogP contribution is -2.41. The second-order valence-electron chi connectivity index (χ2n) is 5.94. The van der Waals surface area contributed by atoms with Crippen LogP contribution in [-0.4, -0.2) is 26.3 Å². The number of anilines is 1. The molecule has 0 aliphatic carbocycles. The van der Waals surface area contributed by atoms with Crippen molar-refractivity contribution in [2.45, 2.75) is 18.5 Å². The Morgan fingerprint density at radius 1 is 1.08 bits per heavy atom. The van der Waals surface area contributed by atoms with E-state index < -0.39 is 0 Å². The molecule has 2 aromatic carbocycles. The molecule has 7 heteroatoms. The first-order valence-electron chi connectivity index (χ1n) is 8.04. The molecule has 3 rings (SSSR count). The molecule has 2 unspecified atom stereocenters. The van der Waals surface area contributed by atoms with Crippen molar-refractivity contribution in [2.24, 2.45) is 5.73 Å². The average molecular weight is 458 g/mol. The minimum Gasteiger partial charge on any atom is -0.494 e. The SMILES string of the molecule is COc1c(Cl)c(N2C=CC(N)C2Cc2ccccc2)c(Cl)c(OC)c1Br. The highest BCUT2D eigenvalue weighted by Crippen LogP contribution is 2.53. The van der Waals surface area contributed by atoms with Crippen molar-refractivity contribution in [1.29, 1.82) is 0 Å². The maximum atomic E-state index is 6.63. The first-order chi connectivity index (χ1) is 12.5. The minimum atomic E-state index is -0.150. The van der Waals surface area contributed by atoms with Crippen molar-refractivity contribution < 1.29 is 9.47 Å². The lowest BCUT2D eigenvalue weighted by Gasteiger charge is -2.31. The van der Waals surface area contributed by atoms with E-state index in [4.69, 9.17) is 38.4 Å². The van der Waals surface area contributed by atoms with E-state index in [9.17, 15) is 0 Å². The van der Waals surface area contributed by atoms with Gasteiger partial charge in [-0.15, -0.1) is 0 Å². The summed E-state index contributed by atoms with van der Waals surface area (Å²) in [5, 5.41) is 0.809. The van der Waals surface area contributed by atoms with Crippen molar-refractivity contribution in [3.63, 3.8) is 0 Å². The van der Waals surface area contributed by atoms with Crippen molar-refractivity contribution in [1.82, 2.24) is 0 Å². The van der Waals surface area contributed by atoms with Crippen LogP contribution in [0.3, 0.4) is 0 Å². The highest BCUT2D eigenvalue weighted by atomic mass is 79.9. The van der Waals surface area contributed by atoms with E-state index in [-0.39, 0.29) is 12.1 Å². The molecule has 138 valence electrons. The molecule has 1 aliphatic heterocycles. The van der Waals surface area contributed by atoms with Crippen LogP contribution in [-0.2, 0) is 6.42 Å². The van der Waals surface area contributed by atoms with Crippen LogP contribution < -0.4 is 20.1 Å². The molecule has 2 atom stereocenters. The zero-order chi connectivity index (χ0) is 18.8. The molecule has 4 nitrogen and oxygen atoms in total. The van der Waals surface area contributed by atoms with Crippen LogP contribution in [0.1, 0.15) is 5.56 Å². The van der Waals surface area contributed by atoms with Crippen molar-refractivity contribution in [3.05, 3.63) is 62.7 Å². The Hall–Kier alpha value is -1.40. The van der Waals surface area contributed by atoms with Gasteiger partial charge in [0.25, 0.3) is 0 Å². The summed E-state index contributed by atoms with van der Waals surface area (Å²) in [5.74, 6) is 0.936. The third kappa shape index (κ3) is 3.41. The standard InChI is InChI=1S/C19H19BrCl2N2O2/c1-25-18-14(20)19(26-2)16(22)17(15(18)21)24-9-8-12(23)13(24)10-11-6-4-3-5-7-11/h3-9,12-13H,10,23H2,1-2H3. The molecule has 26 heavy (non-hydrogen) atoms. The summed E-state index contributed by atoms with van der Waals surface area (Å²) in [5.41, 5.74) is 8.15. The Labute approximate surface area is 171 Å². The summed E-state index contributed by atoms with van der Waals surface area (Å²) in [6.45, 7) is 0. The van der Waals surface area contributed by atoms with Gasteiger partial charge in [-0.05, 0) is 34.0 Å². The van der Waals surface area contributed by atoms with Crippen LogP contribution >= 0.6 is 39.1 Å². The zero-order valence-electron chi connectivity index (χ0n) is 14.4. The van der Waals surface area contributed by atoms with Gasteiger partial charge < -0.3 is 20.1 Å². The van der Waals surface area contributed by atoms with E-state index in [1.165, 1.54) is 5.56 Å². The van der Waals surface area contributed by atoms with Gasteiger partial charge in [0.2, 0.25) is 0 Å². The predicted octanol–water partition coefficient (Wildman–Crippen LogP) is 5.05. The summed E-state index contributed by atoms with van der Waals surface area (Å²) in [7, 11) is 3.10. The zero-order valence-corrected chi connectivity index (χ0v) is 17.5. The first-order valence-corrected chi connectivity index (χ1v) is 9.59. The molecule has 0 aromatic heterocycles. The molecule has 0 saturated carbocycles. The van der Waals surface area contributed by atoms with E-state index in [0.717, 1.165) is 6.42 Å². The number of nitrogens with two attached hydrogens (primary N) is 1. The Morgan fingerprint density at radius 3 is 2.19 bits per heavy atom. The van der Waals surface area contributed by atoms with Gasteiger partial charge in [0, 0.05) is 12.2 Å². The average Bonchev–Trinajstić information content (AvgIpc) is 2.97. The fourth-order valence-electron chi connectivity index (χ4n) is 3.14. The molecule has 0 fully saturated rings. The van der Waals surface area contributed by atoms with E-state index in [2.05, 4.69) is 28.1 Å². The van der Waals surface area contributed by atoms with Gasteiger partial charge in [0.15, 0.2) is 11.5 Å². The Kier molecular flexibility index (Phi) is 6.03. The van der Waals surface area contributed by atoms with Gasteiger partial charge >= 0.3 is 0 Å². The number of methoxy groups -OCH3 is 2. The van der Waals surface area contributed by atoms with Gasteiger partial charge in [0.1, 0.15) is 14.5 Å². The molecule has 1 aliphatic rings. The highest BCUT2D eigenvalue weighted by molar-refractivity contribution is 9.10. The van der Waals surface area contributed by atoms with Crippen LogP contribution in [0.5, 0.6) is 11.5 Å². The van der Waals surface area contributed by atoms with Gasteiger partial charge in [-0.3, -0.25) is 0 Å². The van der Waals surface area contributed by atoms with Crippen LogP contribution in [0.2, 0.25) is 10.0 Å². The third-order valence-corrected chi connectivity index (χ3v) is 5.86. The number of rotatable bonds is 5. The molecule has 0 bridgehead atoms. The molecule has 2 aromatic rings. The minimum absolute atomic E-state index is 0.0250. The molecule has 0 radical (unpaired) electrons. The van der Waals surface area contributed by atoms with Gasteiger partial charge in [-0.25, -0.2) is 0 Å². The molecule has 0 amide bonds. The van der Waals surface area contributed by atoms with Crippen molar-refractivity contribution in [3.8, 4) is 11.5 Å². The molecular weight excluding hydrogens is 439 g/mol. The summed E-state index contributed by atoms with van der Waals surface area (Å²) in [4.78, 5) is 2.00. The maximum absolute atomic E-state index is 6.63. The monoisotopic (exact) mass is 456 g/mol. The van der Waals surface area contributed by atoms with Crippen LogP contribution in [0, 0.1) is 0 Å². The Bertz CT molecular complexity index is 799. The van der Waals surface area contributed by atoms with E-state index in [1.807, 2.05) is 35.4 Å². The van der Waals surface area contributed by atoms with Gasteiger partial charge in [0.05, 0.1) is 25.9 Å². The van der Waals surface area contributed by atoms with Crippen LogP contribution in [0.25, 0.3) is 0 Å². The third-order valence-electron chi connectivity index (χ3n) is 4.44. The number of ether oxygens (including phenoxy) is 2. The van der Waals surface area contributed by atoms with E-state index in [0.29, 0.717) is 31.7 Å². The molecule has 1 heterocycles. The number of hydrogen-bond acceptors (Lipinski definition) is 4. The van der Waals surface area contributed by atoms with Crippen molar-refractivity contribution in [2.75, 3.05) is 19.1 Å². The lowest BCUT2D eigenvalue weighted by molar-refractivity contribution is 0.389. The van der Waals surface area contributed by atoms with Crippen molar-refractivity contribution >= 4 is 44.8 Å². The molecular formula is C19H19BrCl2N2O2. The lowest BCUT2D eigenvalue weighted by atomic mass is 10.0. The van der Waals surface area contributed by atoms with Crippen LogP contribution in [0.4, 0.5) is 5.69 Å². The summed E-state index contributed by atoms with van der Waals surface area (Å²) < 4.78 is 11.5. The number of hydrogen-bond donors (Lipinski definition) is 1. The normalized spacial score (nSPS) is 19.1.